The van der Waals surface area contributed by atoms with Crippen LogP contribution in [-0.4, -0.2) is 30.0 Å². The minimum Gasteiger partial charge on any atom is -0.299 e. The van der Waals surface area contributed by atoms with E-state index in [0.717, 1.165) is 91.6 Å². The predicted octanol–water partition coefficient (Wildman–Crippen LogP) is 10.7. The lowest BCUT2D eigenvalue weighted by Crippen LogP contribution is -2.33. The number of halogens is 2. The van der Waals surface area contributed by atoms with Crippen molar-refractivity contribution in [3.05, 3.63) is 125 Å². The van der Waals surface area contributed by atoms with Gasteiger partial charge in [0.25, 0.3) is 9.84 Å². The molecule has 7 unspecified atom stereocenters. The Balaban J connectivity index is 0.000000134. The predicted molar refractivity (Wildman–Crippen MR) is 213 cm³/mol. The third-order valence-corrected chi connectivity index (χ3v) is 14.2. The largest absolute Gasteiger partial charge is 0.316 e. The first-order valence-corrected chi connectivity index (χ1v) is 21.3. The highest BCUT2D eigenvalue weighted by molar-refractivity contribution is 7.91. The Bertz CT molecular complexity index is 2420. The quantitative estimate of drug-likeness (QED) is 0.168. The van der Waals surface area contributed by atoms with E-state index in [9.17, 15) is 27.3 Å². The summed E-state index contributed by atoms with van der Waals surface area (Å²) in [7, 11) is -3.38. The molecule has 0 amide bonds. The zero-order valence-electron chi connectivity index (χ0n) is 31.6. The van der Waals surface area contributed by atoms with Gasteiger partial charge in [0.2, 0.25) is 0 Å². The molecule has 4 bridgehead atoms. The number of benzene rings is 3. The van der Waals surface area contributed by atoms with Crippen molar-refractivity contribution in [3.8, 4) is 6.07 Å². The highest BCUT2D eigenvalue weighted by Crippen LogP contribution is 2.51. The van der Waals surface area contributed by atoms with Gasteiger partial charge in [0.15, 0.2) is 0 Å². The van der Waals surface area contributed by atoms with Crippen LogP contribution in [0.25, 0.3) is 26.7 Å². The number of carbonyl (C=O) groups excluding carboxylic acids is 1. The maximum Gasteiger partial charge on any atom is 0.316 e. The molecule has 0 N–H and O–H groups in total. The van der Waals surface area contributed by atoms with Crippen molar-refractivity contribution < 1.29 is 22.0 Å². The first-order valence-electron chi connectivity index (χ1n) is 19.7. The fourth-order valence-corrected chi connectivity index (χ4v) is 10.7. The Hall–Kier alpha value is -5.06. The standard InChI is InChI=1S/C19H19FN2.C18H18FNO.C9H9NO2S/c20-15-4-6-19-18(10-15)17(7-8-22-19)16-5-3-12-9-13(16)1-2-14(12)11-21;19-13-3-5-17-16(10-13)15(7-8-20-17)14-4-1-12-9-11(14)2-6-18(12)21;1-8-3-5-9(6-4-8)13(11,12)7-10-2/h4,6-8,10,12-14,16H,1-3,5,9H2;3,5,7-8,10-12,14H,1-2,4,6,9H2;3-6H,7H2,1H3. The summed E-state index contributed by atoms with van der Waals surface area (Å²) in [5.41, 5.74) is 5.22. The molecular formula is C46H46F2N4O3S. The fraction of sp³-hybridized carbons (Fsp3) is 0.413. The van der Waals surface area contributed by atoms with Crippen LogP contribution in [0.15, 0.2) is 90.1 Å². The van der Waals surface area contributed by atoms with E-state index in [1.807, 2.05) is 25.4 Å². The number of carbonyl (C=O) groups is 1. The molecule has 0 radical (unpaired) electrons. The van der Waals surface area contributed by atoms with Crippen LogP contribution in [-0.2, 0) is 14.6 Å². The second-order valence-electron chi connectivity index (χ2n) is 16.0. The van der Waals surface area contributed by atoms with Crippen LogP contribution in [0, 0.1) is 66.1 Å². The summed E-state index contributed by atoms with van der Waals surface area (Å²) in [6.07, 6.45) is 14.0. The SMILES string of the molecule is N#CC1CCC2CC1CCC2c1ccnc2ccc(F)cc12.O=C1CCC2CC1CCC2c1ccnc2ccc(F)cc12.[C-]#[N+]CS(=O)(=O)c1ccc(C)cc1. The van der Waals surface area contributed by atoms with Crippen molar-refractivity contribution in [1.82, 2.24) is 9.97 Å². The summed E-state index contributed by atoms with van der Waals surface area (Å²) < 4.78 is 49.9. The highest BCUT2D eigenvalue weighted by Gasteiger charge is 2.40. The maximum absolute atomic E-state index is 13.7. The molecule has 56 heavy (non-hydrogen) atoms. The van der Waals surface area contributed by atoms with Gasteiger partial charge in [-0.05, 0) is 166 Å². The van der Waals surface area contributed by atoms with Crippen molar-refractivity contribution in [1.29, 1.82) is 5.26 Å². The summed E-state index contributed by atoms with van der Waals surface area (Å²) in [6.45, 7) is 8.38. The number of ketones is 1. The molecule has 4 aliphatic carbocycles. The van der Waals surface area contributed by atoms with Crippen molar-refractivity contribution in [2.75, 3.05) is 5.88 Å². The third-order valence-electron chi connectivity index (χ3n) is 12.7. The van der Waals surface area contributed by atoms with E-state index in [1.165, 1.54) is 35.4 Å². The molecule has 9 rings (SSSR count). The highest BCUT2D eigenvalue weighted by atomic mass is 32.2. The van der Waals surface area contributed by atoms with Crippen LogP contribution >= 0.6 is 0 Å². The third kappa shape index (κ3) is 8.51. The van der Waals surface area contributed by atoms with E-state index in [4.69, 9.17) is 6.57 Å². The topological polar surface area (TPSA) is 105 Å². The molecule has 10 heteroatoms. The summed E-state index contributed by atoms with van der Waals surface area (Å²) in [6, 6.07) is 22.8. The molecule has 3 aromatic carbocycles. The molecule has 2 heterocycles. The van der Waals surface area contributed by atoms with Gasteiger partial charge in [-0.25, -0.2) is 23.8 Å². The average molecular weight is 773 g/mol. The maximum atomic E-state index is 13.7. The van der Waals surface area contributed by atoms with E-state index < -0.39 is 15.7 Å². The zero-order valence-corrected chi connectivity index (χ0v) is 32.4. The number of rotatable bonds is 4. The first-order chi connectivity index (χ1) is 27.0. The molecule has 0 aliphatic heterocycles. The Morgan fingerprint density at radius 1 is 0.750 bits per heavy atom. The van der Waals surface area contributed by atoms with Gasteiger partial charge >= 0.3 is 5.88 Å². The molecule has 4 aliphatic rings. The fourth-order valence-electron chi connectivity index (χ4n) is 9.84. The van der Waals surface area contributed by atoms with E-state index in [1.54, 1.807) is 36.4 Å². The number of fused-ring (bicyclic) bond motifs is 6. The van der Waals surface area contributed by atoms with Crippen LogP contribution < -0.4 is 0 Å². The van der Waals surface area contributed by atoms with Crippen LogP contribution in [0.3, 0.4) is 0 Å². The van der Waals surface area contributed by atoms with Gasteiger partial charge in [-0.2, -0.15) is 5.26 Å². The van der Waals surface area contributed by atoms with Crippen molar-refractivity contribution in [3.63, 3.8) is 0 Å². The van der Waals surface area contributed by atoms with Gasteiger partial charge in [-0.3, -0.25) is 19.6 Å². The number of sulfone groups is 1. The lowest BCUT2D eigenvalue weighted by molar-refractivity contribution is -0.127. The van der Waals surface area contributed by atoms with Crippen LogP contribution in [0.2, 0.25) is 0 Å². The van der Waals surface area contributed by atoms with E-state index in [2.05, 4.69) is 26.9 Å². The average Bonchev–Trinajstić information content (AvgIpc) is 3.20. The molecule has 0 spiro atoms. The number of hydrogen-bond donors (Lipinski definition) is 0. The molecular weight excluding hydrogens is 727 g/mol. The van der Waals surface area contributed by atoms with Gasteiger partial charge < -0.3 is 0 Å². The van der Waals surface area contributed by atoms with Gasteiger partial charge in [0, 0.05) is 41.4 Å². The Labute approximate surface area is 327 Å². The number of nitrogens with zero attached hydrogens (tertiary/aromatic N) is 4. The molecule has 5 aromatic rings. The minimum atomic E-state index is -3.38. The van der Waals surface area contributed by atoms with Crippen molar-refractivity contribution in [2.24, 2.45) is 29.6 Å². The summed E-state index contributed by atoms with van der Waals surface area (Å²) in [4.78, 5) is 23.7. The lowest BCUT2D eigenvalue weighted by Gasteiger charge is -2.43. The van der Waals surface area contributed by atoms with Crippen molar-refractivity contribution in [2.45, 2.75) is 87.9 Å². The van der Waals surface area contributed by atoms with Crippen LogP contribution in [0.5, 0.6) is 0 Å². The van der Waals surface area contributed by atoms with Crippen molar-refractivity contribution >= 4 is 37.4 Å². The number of Topliss-reactive ketones (excluding diaryl/α,β-unsaturated/α-hetero) is 1. The smallest absolute Gasteiger partial charge is 0.299 e. The van der Waals surface area contributed by atoms with Crippen LogP contribution in [0.4, 0.5) is 8.78 Å². The van der Waals surface area contributed by atoms with Gasteiger partial charge in [0.1, 0.15) is 17.4 Å². The van der Waals surface area contributed by atoms with Crippen LogP contribution in [0.1, 0.15) is 92.7 Å². The first kappa shape index (κ1) is 39.2. The van der Waals surface area contributed by atoms with E-state index >= 15 is 0 Å². The summed E-state index contributed by atoms with van der Waals surface area (Å²) in [5, 5.41) is 11.2. The number of pyridine rings is 2. The zero-order chi connectivity index (χ0) is 39.4. The summed E-state index contributed by atoms with van der Waals surface area (Å²) in [5.74, 6) is 2.83. The van der Waals surface area contributed by atoms with Gasteiger partial charge in [-0.15, -0.1) is 0 Å². The number of aromatic nitrogens is 2. The second-order valence-corrected chi connectivity index (χ2v) is 17.9. The Morgan fingerprint density at radius 2 is 1.32 bits per heavy atom. The molecule has 7 atom stereocenters. The molecule has 4 saturated carbocycles. The lowest BCUT2D eigenvalue weighted by atomic mass is 9.61. The molecule has 7 nitrogen and oxygen atoms in total. The van der Waals surface area contributed by atoms with Gasteiger partial charge in [-0.1, -0.05) is 17.7 Å². The molecule has 2 aromatic heterocycles. The van der Waals surface area contributed by atoms with Gasteiger partial charge in [0.05, 0.1) is 22.0 Å². The molecule has 4 fully saturated rings. The van der Waals surface area contributed by atoms with E-state index in [0.29, 0.717) is 35.4 Å². The summed E-state index contributed by atoms with van der Waals surface area (Å²) >= 11 is 0. The minimum absolute atomic E-state index is 0.191. The Kier molecular flexibility index (Phi) is 11.9. The monoisotopic (exact) mass is 772 g/mol. The Morgan fingerprint density at radius 3 is 1.91 bits per heavy atom. The molecule has 288 valence electrons. The number of nitriles is 1. The normalized spacial score (nSPS) is 25.4. The molecule has 0 saturated heterocycles. The number of aryl methyl sites for hydroxylation is 1. The second kappa shape index (κ2) is 17.0. The van der Waals surface area contributed by atoms with E-state index in [-0.39, 0.29) is 28.4 Å². The number of hydrogen-bond acceptors (Lipinski definition) is 6.